The maximum absolute atomic E-state index is 12.3. The second kappa shape index (κ2) is 6.14. The first kappa shape index (κ1) is 16.6. The predicted molar refractivity (Wildman–Crippen MR) is 91.7 cm³/mol. The van der Waals surface area contributed by atoms with E-state index in [9.17, 15) is 8.42 Å². The molecule has 0 bridgehead atoms. The number of halogens is 4. The fourth-order valence-corrected chi connectivity index (χ4v) is 6.13. The summed E-state index contributed by atoms with van der Waals surface area (Å²) in [7, 11) is -3.72. The van der Waals surface area contributed by atoms with E-state index in [2.05, 4.69) is 36.6 Å². The van der Waals surface area contributed by atoms with Gasteiger partial charge in [-0.25, -0.2) is 8.42 Å². The summed E-state index contributed by atoms with van der Waals surface area (Å²) < 4.78 is 28.7. The third-order valence-electron chi connectivity index (χ3n) is 2.34. The Labute approximate surface area is 147 Å². The van der Waals surface area contributed by atoms with E-state index in [1.165, 1.54) is 0 Å². The van der Waals surface area contributed by atoms with Gasteiger partial charge in [0.05, 0.1) is 19.5 Å². The van der Waals surface area contributed by atoms with Crippen LogP contribution in [0.15, 0.2) is 30.7 Å². The fraction of sp³-hybridized carbons (Fsp3) is 0.0909. The number of hydrogen-bond acceptors (Lipinski definition) is 3. The average molecular weight is 480 g/mol. The molecule has 0 spiro atoms. The van der Waals surface area contributed by atoms with Crippen molar-refractivity contribution in [3.63, 3.8) is 0 Å². The monoisotopic (exact) mass is 477 g/mol. The van der Waals surface area contributed by atoms with Crippen LogP contribution in [-0.4, -0.2) is 8.42 Å². The molecule has 0 unspecified atom stereocenters. The smallest absolute Gasteiger partial charge is 0.271 e. The van der Waals surface area contributed by atoms with Crippen LogP contribution in [0.4, 0.5) is 5.69 Å². The minimum Gasteiger partial charge on any atom is -0.276 e. The number of benzene rings is 1. The normalized spacial score (nSPS) is 11.7. The Morgan fingerprint density at radius 3 is 2.15 bits per heavy atom. The molecule has 0 radical (unpaired) electrons. The Morgan fingerprint density at radius 2 is 1.70 bits per heavy atom. The zero-order valence-corrected chi connectivity index (χ0v) is 16.2. The lowest BCUT2D eigenvalue weighted by Crippen LogP contribution is -2.12. The first-order valence-corrected chi connectivity index (χ1v) is 9.78. The average Bonchev–Trinajstić information content (AvgIpc) is 2.65. The van der Waals surface area contributed by atoms with E-state index in [-0.39, 0.29) is 19.9 Å². The minimum absolute atomic E-state index is 0.165. The van der Waals surface area contributed by atoms with Gasteiger partial charge < -0.3 is 0 Å². The molecule has 0 fully saturated rings. The molecule has 0 aliphatic heterocycles. The molecule has 0 saturated heterocycles. The summed E-state index contributed by atoms with van der Waals surface area (Å²) in [6.45, 7) is 1.82. The summed E-state index contributed by atoms with van der Waals surface area (Å²) in [5.74, 6) is 0. The van der Waals surface area contributed by atoms with Crippen LogP contribution < -0.4 is 4.72 Å². The molecule has 9 heteroatoms. The molecule has 2 rings (SSSR count). The van der Waals surface area contributed by atoms with Crippen molar-refractivity contribution in [1.29, 1.82) is 0 Å². The summed E-state index contributed by atoms with van der Waals surface area (Å²) in [6, 6.07) is 4.72. The Bertz CT molecular complexity index is 732. The maximum atomic E-state index is 12.3. The zero-order valence-electron chi connectivity index (χ0n) is 9.88. The molecular formula is C11H7Br2Cl2NO2S2. The molecule has 1 heterocycles. The van der Waals surface area contributed by atoms with Crippen molar-refractivity contribution in [2.75, 3.05) is 4.72 Å². The molecular weight excluding hydrogens is 473 g/mol. The van der Waals surface area contributed by atoms with Gasteiger partial charge in [0.25, 0.3) is 10.0 Å². The largest absolute Gasteiger partial charge is 0.276 e. The van der Waals surface area contributed by atoms with Gasteiger partial charge in [0.15, 0.2) is 0 Å². The number of aryl methyl sites for hydroxylation is 1. The highest BCUT2D eigenvalue weighted by Crippen LogP contribution is 2.37. The van der Waals surface area contributed by atoms with Crippen LogP contribution in [0.3, 0.4) is 0 Å². The number of thiophene rings is 1. The van der Waals surface area contributed by atoms with E-state index < -0.39 is 10.0 Å². The van der Waals surface area contributed by atoms with Gasteiger partial charge in [-0.3, -0.25) is 4.72 Å². The minimum atomic E-state index is -3.72. The second-order valence-electron chi connectivity index (χ2n) is 3.87. The molecule has 0 aliphatic rings. The lowest BCUT2D eigenvalue weighted by atomic mass is 10.3. The van der Waals surface area contributed by atoms with Crippen molar-refractivity contribution < 1.29 is 8.42 Å². The van der Waals surface area contributed by atoms with Crippen molar-refractivity contribution in [2.24, 2.45) is 0 Å². The molecule has 1 aromatic carbocycles. The van der Waals surface area contributed by atoms with E-state index in [0.29, 0.717) is 4.47 Å². The summed E-state index contributed by atoms with van der Waals surface area (Å²) in [4.78, 5) is 0. The Kier molecular flexibility index (Phi) is 5.09. The van der Waals surface area contributed by atoms with Crippen LogP contribution in [-0.2, 0) is 10.0 Å². The number of nitrogens with one attached hydrogen (secondary N) is 1. The Balaban J connectivity index is 2.43. The fourth-order valence-electron chi connectivity index (χ4n) is 1.39. The van der Waals surface area contributed by atoms with Crippen molar-refractivity contribution in [3.8, 4) is 0 Å². The van der Waals surface area contributed by atoms with Crippen molar-refractivity contribution >= 4 is 82.1 Å². The standard InChI is InChI=1S/C11H7Br2Cl2NO2S2/c1-5-2-9(19-11(5)13)20(17,18)16-10-7(14)3-6(12)4-8(10)15/h2-4,16H,1H3. The third kappa shape index (κ3) is 3.51. The predicted octanol–water partition coefficient (Wildman–Crippen LogP) is 5.69. The van der Waals surface area contributed by atoms with E-state index in [0.717, 1.165) is 20.7 Å². The zero-order chi connectivity index (χ0) is 15.1. The Hall–Kier alpha value is 0.210. The number of sulfonamides is 1. The van der Waals surface area contributed by atoms with E-state index >= 15 is 0 Å². The summed E-state index contributed by atoms with van der Waals surface area (Å²) in [6.07, 6.45) is 0. The SMILES string of the molecule is Cc1cc(S(=O)(=O)Nc2c(Cl)cc(Br)cc2Cl)sc1Br. The van der Waals surface area contributed by atoms with Gasteiger partial charge in [0.1, 0.15) is 4.21 Å². The molecule has 0 amide bonds. The van der Waals surface area contributed by atoms with Gasteiger partial charge in [-0.1, -0.05) is 39.1 Å². The molecule has 20 heavy (non-hydrogen) atoms. The van der Waals surface area contributed by atoms with E-state index in [1.807, 2.05) is 6.92 Å². The van der Waals surface area contributed by atoms with Crippen LogP contribution in [0.1, 0.15) is 5.56 Å². The van der Waals surface area contributed by atoms with E-state index in [1.54, 1.807) is 18.2 Å². The molecule has 1 aromatic heterocycles. The van der Waals surface area contributed by atoms with Crippen LogP contribution in [0.2, 0.25) is 10.0 Å². The maximum Gasteiger partial charge on any atom is 0.271 e. The summed E-state index contributed by atoms with van der Waals surface area (Å²) in [5, 5.41) is 0.445. The van der Waals surface area contributed by atoms with Crippen LogP contribution in [0.5, 0.6) is 0 Å². The molecule has 0 aliphatic carbocycles. The highest BCUT2D eigenvalue weighted by atomic mass is 79.9. The number of anilines is 1. The van der Waals surface area contributed by atoms with Gasteiger partial charge in [-0.15, -0.1) is 11.3 Å². The molecule has 2 aromatic rings. The first-order chi connectivity index (χ1) is 9.20. The molecule has 108 valence electrons. The van der Waals surface area contributed by atoms with Crippen molar-refractivity contribution in [2.45, 2.75) is 11.1 Å². The summed E-state index contributed by atoms with van der Waals surface area (Å²) in [5.41, 5.74) is 1.02. The highest BCUT2D eigenvalue weighted by Gasteiger charge is 2.21. The third-order valence-corrected chi connectivity index (χ3v) is 7.36. The van der Waals surface area contributed by atoms with E-state index in [4.69, 9.17) is 23.2 Å². The molecule has 0 saturated carbocycles. The number of rotatable bonds is 3. The highest BCUT2D eigenvalue weighted by molar-refractivity contribution is 9.11. The topological polar surface area (TPSA) is 46.2 Å². The van der Waals surface area contributed by atoms with Crippen LogP contribution >= 0.6 is 66.4 Å². The van der Waals surface area contributed by atoms with Gasteiger partial charge in [-0.05, 0) is 46.6 Å². The lowest BCUT2D eigenvalue weighted by molar-refractivity contribution is 0.603. The van der Waals surface area contributed by atoms with Gasteiger partial charge in [-0.2, -0.15) is 0 Å². The number of hydrogen-bond donors (Lipinski definition) is 1. The quantitative estimate of drug-likeness (QED) is 0.614. The first-order valence-electron chi connectivity index (χ1n) is 5.14. The molecule has 3 nitrogen and oxygen atoms in total. The van der Waals surface area contributed by atoms with Crippen LogP contribution in [0.25, 0.3) is 0 Å². The second-order valence-corrected chi connectivity index (χ2v) is 9.88. The van der Waals surface area contributed by atoms with Crippen LogP contribution in [0, 0.1) is 6.92 Å². The Morgan fingerprint density at radius 1 is 1.15 bits per heavy atom. The van der Waals surface area contributed by atoms with Gasteiger partial charge in [0.2, 0.25) is 0 Å². The summed E-state index contributed by atoms with van der Waals surface area (Å²) >= 11 is 19.7. The van der Waals surface area contributed by atoms with Gasteiger partial charge in [0, 0.05) is 4.47 Å². The molecule has 0 atom stereocenters. The van der Waals surface area contributed by atoms with Gasteiger partial charge >= 0.3 is 0 Å². The van der Waals surface area contributed by atoms with Crippen molar-refractivity contribution in [3.05, 3.63) is 42.1 Å². The molecule has 1 N–H and O–H groups in total. The van der Waals surface area contributed by atoms with Crippen molar-refractivity contribution in [1.82, 2.24) is 0 Å². The lowest BCUT2D eigenvalue weighted by Gasteiger charge is -2.10.